The summed E-state index contributed by atoms with van der Waals surface area (Å²) in [4.78, 5) is 8.36. The molecule has 0 aliphatic heterocycles. The van der Waals surface area contributed by atoms with E-state index in [0.29, 0.717) is 29.8 Å². The van der Waals surface area contributed by atoms with Crippen LogP contribution in [0.1, 0.15) is 18.1 Å². The van der Waals surface area contributed by atoms with Gasteiger partial charge in [-0.15, -0.1) is 13.2 Å². The monoisotopic (exact) mass is 386 g/mol. The van der Waals surface area contributed by atoms with Crippen LogP contribution >= 0.6 is 11.6 Å². The molecule has 26 heavy (non-hydrogen) atoms. The number of nitrogens with zero attached hydrogens (tertiary/aromatic N) is 2. The van der Waals surface area contributed by atoms with Crippen molar-refractivity contribution in [3.63, 3.8) is 0 Å². The van der Waals surface area contributed by atoms with Crippen LogP contribution in [-0.2, 0) is 13.1 Å². The molecule has 0 spiro atoms. The highest BCUT2D eigenvalue weighted by atomic mass is 35.5. The normalized spacial score (nSPS) is 12.0. The second-order valence-electron chi connectivity index (χ2n) is 5.19. The fourth-order valence-corrected chi connectivity index (χ4v) is 2.18. The summed E-state index contributed by atoms with van der Waals surface area (Å²) in [6.45, 7) is 2.96. The van der Waals surface area contributed by atoms with Gasteiger partial charge < -0.3 is 15.4 Å². The van der Waals surface area contributed by atoms with Crippen molar-refractivity contribution in [3.05, 3.63) is 58.9 Å². The number of rotatable bonds is 6. The zero-order chi connectivity index (χ0) is 19.0. The lowest BCUT2D eigenvalue weighted by molar-refractivity contribution is -0.274. The maximum absolute atomic E-state index is 12.5. The molecular weight excluding hydrogens is 369 g/mol. The van der Waals surface area contributed by atoms with Gasteiger partial charge in [0.2, 0.25) is 0 Å². The molecule has 2 aromatic rings. The topological polar surface area (TPSA) is 58.5 Å². The van der Waals surface area contributed by atoms with Crippen molar-refractivity contribution in [2.75, 3.05) is 6.54 Å². The Morgan fingerprint density at radius 3 is 2.62 bits per heavy atom. The van der Waals surface area contributed by atoms with Gasteiger partial charge >= 0.3 is 6.36 Å². The molecule has 0 radical (unpaired) electrons. The number of pyridine rings is 1. The predicted octanol–water partition coefficient (Wildman–Crippen LogP) is 3.89. The summed E-state index contributed by atoms with van der Waals surface area (Å²) in [5.74, 6) is 0.217. The summed E-state index contributed by atoms with van der Waals surface area (Å²) in [7, 11) is 0. The molecule has 0 unspecified atom stereocenters. The van der Waals surface area contributed by atoms with Crippen LogP contribution in [-0.4, -0.2) is 23.9 Å². The largest absolute Gasteiger partial charge is 0.573 e. The third kappa shape index (κ3) is 6.79. The van der Waals surface area contributed by atoms with Gasteiger partial charge in [0, 0.05) is 24.8 Å². The first-order chi connectivity index (χ1) is 12.4. The molecule has 0 fully saturated rings. The number of aliphatic imine (C=N–C) groups is 1. The van der Waals surface area contributed by atoms with Gasteiger partial charge in [0.1, 0.15) is 10.9 Å². The van der Waals surface area contributed by atoms with Crippen LogP contribution in [0.25, 0.3) is 0 Å². The van der Waals surface area contributed by atoms with E-state index in [2.05, 4.69) is 25.3 Å². The molecule has 140 valence electrons. The van der Waals surface area contributed by atoms with Crippen LogP contribution in [0, 0.1) is 0 Å². The van der Waals surface area contributed by atoms with Gasteiger partial charge in [-0.2, -0.15) is 0 Å². The van der Waals surface area contributed by atoms with Crippen molar-refractivity contribution >= 4 is 17.6 Å². The van der Waals surface area contributed by atoms with E-state index in [9.17, 15) is 13.2 Å². The van der Waals surface area contributed by atoms with Crippen molar-refractivity contribution in [2.24, 2.45) is 4.99 Å². The van der Waals surface area contributed by atoms with E-state index >= 15 is 0 Å². The quantitative estimate of drug-likeness (QED) is 0.449. The van der Waals surface area contributed by atoms with Crippen molar-refractivity contribution in [1.82, 2.24) is 15.6 Å². The molecule has 0 saturated carbocycles. The van der Waals surface area contributed by atoms with Crippen LogP contribution < -0.4 is 15.4 Å². The van der Waals surface area contributed by atoms with Crippen molar-refractivity contribution in [2.45, 2.75) is 26.4 Å². The van der Waals surface area contributed by atoms with Crippen LogP contribution in [0.2, 0.25) is 5.15 Å². The zero-order valence-corrected chi connectivity index (χ0v) is 14.7. The van der Waals surface area contributed by atoms with Gasteiger partial charge in [0.05, 0.1) is 6.54 Å². The average Bonchev–Trinajstić information content (AvgIpc) is 2.58. The number of halogens is 4. The second kappa shape index (κ2) is 9.28. The van der Waals surface area contributed by atoms with Gasteiger partial charge in [0.15, 0.2) is 5.96 Å². The van der Waals surface area contributed by atoms with Crippen molar-refractivity contribution < 1.29 is 17.9 Å². The Kier molecular flexibility index (Phi) is 7.08. The van der Waals surface area contributed by atoms with Gasteiger partial charge in [-0.25, -0.2) is 9.98 Å². The lowest BCUT2D eigenvalue weighted by atomic mass is 10.2. The molecule has 2 N–H and O–H groups in total. The molecular formula is C17H18ClF3N4O. The van der Waals surface area contributed by atoms with Crippen LogP contribution in [0.5, 0.6) is 5.75 Å². The Morgan fingerprint density at radius 2 is 1.96 bits per heavy atom. The van der Waals surface area contributed by atoms with E-state index in [0.717, 1.165) is 5.56 Å². The Morgan fingerprint density at radius 1 is 1.19 bits per heavy atom. The maximum atomic E-state index is 12.5. The highest BCUT2D eigenvalue weighted by molar-refractivity contribution is 6.29. The molecule has 0 bridgehead atoms. The van der Waals surface area contributed by atoms with Crippen molar-refractivity contribution in [3.8, 4) is 5.75 Å². The van der Waals surface area contributed by atoms with Gasteiger partial charge in [-0.3, -0.25) is 0 Å². The van der Waals surface area contributed by atoms with E-state index in [1.165, 1.54) is 12.1 Å². The van der Waals surface area contributed by atoms with E-state index in [1.54, 1.807) is 30.5 Å². The number of guanidine groups is 1. The van der Waals surface area contributed by atoms with E-state index in [-0.39, 0.29) is 12.3 Å². The smallest absolute Gasteiger partial charge is 0.405 e. The average molecular weight is 387 g/mol. The number of nitrogens with one attached hydrogen (secondary N) is 2. The lowest BCUT2D eigenvalue weighted by Crippen LogP contribution is -2.37. The first kappa shape index (κ1) is 19.8. The summed E-state index contributed by atoms with van der Waals surface area (Å²) >= 11 is 5.74. The van der Waals surface area contributed by atoms with Crippen molar-refractivity contribution in [1.29, 1.82) is 0 Å². The molecule has 0 amide bonds. The Balaban J connectivity index is 2.04. The Labute approximate surface area is 154 Å². The molecule has 0 saturated heterocycles. The van der Waals surface area contributed by atoms with Crippen LogP contribution in [0.4, 0.5) is 13.2 Å². The Bertz CT molecular complexity index is 736. The zero-order valence-electron chi connectivity index (χ0n) is 14.0. The predicted molar refractivity (Wildman–Crippen MR) is 94.0 cm³/mol. The first-order valence-corrected chi connectivity index (χ1v) is 8.21. The number of hydrogen-bond donors (Lipinski definition) is 2. The third-order valence-electron chi connectivity index (χ3n) is 3.20. The summed E-state index contributed by atoms with van der Waals surface area (Å²) in [5.41, 5.74) is 1.22. The lowest BCUT2D eigenvalue weighted by Gasteiger charge is -2.15. The maximum Gasteiger partial charge on any atom is 0.573 e. The summed E-state index contributed by atoms with van der Waals surface area (Å²) in [6, 6.07) is 9.42. The molecule has 1 aromatic heterocycles. The summed E-state index contributed by atoms with van der Waals surface area (Å²) in [5, 5.41) is 6.41. The minimum Gasteiger partial charge on any atom is -0.405 e. The number of ether oxygens (including phenoxy) is 1. The molecule has 0 aliphatic rings. The number of alkyl halides is 3. The minimum absolute atomic E-state index is 0.122. The highest BCUT2D eigenvalue weighted by Crippen LogP contribution is 2.26. The standard InChI is InChI=1S/C17H18ClF3N4O/c1-2-22-16(24-10-12-7-8-15(18)23-9-12)25-11-13-5-3-4-6-14(13)26-17(19,20)21/h3-9H,2,10-11H2,1H3,(H2,22,24,25). The minimum atomic E-state index is -4.74. The van der Waals surface area contributed by atoms with E-state index in [4.69, 9.17) is 11.6 Å². The molecule has 0 aliphatic carbocycles. The fraction of sp³-hybridized carbons (Fsp3) is 0.294. The fourth-order valence-electron chi connectivity index (χ4n) is 2.07. The van der Waals surface area contributed by atoms with Crippen LogP contribution in [0.3, 0.4) is 0 Å². The SMILES string of the molecule is CCNC(=NCc1ccc(Cl)nc1)NCc1ccccc1OC(F)(F)F. The van der Waals surface area contributed by atoms with E-state index in [1.807, 2.05) is 6.92 Å². The molecule has 1 heterocycles. The second-order valence-corrected chi connectivity index (χ2v) is 5.58. The molecule has 0 atom stereocenters. The number of para-hydroxylation sites is 1. The van der Waals surface area contributed by atoms with Crippen LogP contribution in [0.15, 0.2) is 47.6 Å². The first-order valence-electron chi connectivity index (χ1n) is 7.83. The molecule has 5 nitrogen and oxygen atoms in total. The number of hydrogen-bond acceptors (Lipinski definition) is 3. The Hall–Kier alpha value is -2.48. The highest BCUT2D eigenvalue weighted by Gasteiger charge is 2.31. The molecule has 9 heteroatoms. The van der Waals surface area contributed by atoms with Gasteiger partial charge in [-0.1, -0.05) is 35.9 Å². The number of aromatic nitrogens is 1. The molecule has 2 rings (SSSR count). The number of benzene rings is 1. The van der Waals surface area contributed by atoms with E-state index < -0.39 is 6.36 Å². The third-order valence-corrected chi connectivity index (χ3v) is 3.42. The van der Waals surface area contributed by atoms with Gasteiger partial charge in [-0.05, 0) is 24.6 Å². The van der Waals surface area contributed by atoms with Gasteiger partial charge in [0.25, 0.3) is 0 Å². The summed E-state index contributed by atoms with van der Waals surface area (Å²) < 4.78 is 41.5. The molecule has 1 aromatic carbocycles. The summed E-state index contributed by atoms with van der Waals surface area (Å²) in [6.07, 6.45) is -3.13.